The average molecular weight is 236 g/mol. The lowest BCUT2D eigenvalue weighted by molar-refractivity contribution is 0.225. The van der Waals surface area contributed by atoms with Crippen LogP contribution in [-0.2, 0) is 14.3 Å². The molecule has 1 atom stereocenters. The predicted molar refractivity (Wildman–Crippen MR) is 50.7 cm³/mol. The zero-order valence-electron chi connectivity index (χ0n) is 8.20. The Hall–Kier alpha value is -1.01. The molecular weight excluding hydrogens is 226 g/mol. The van der Waals surface area contributed by atoms with Crippen LogP contribution in [0.1, 0.15) is 18.6 Å². The van der Waals surface area contributed by atoms with Crippen LogP contribution in [0, 0.1) is 11.6 Å². The SMILES string of the molecule is CC(OS(C)(=O)=O)c1c(F)cccc1F. The molecule has 0 aromatic heterocycles. The molecule has 3 nitrogen and oxygen atoms in total. The van der Waals surface area contributed by atoms with Crippen molar-refractivity contribution >= 4 is 10.1 Å². The quantitative estimate of drug-likeness (QED) is 0.754. The molecule has 0 aliphatic carbocycles. The molecule has 0 spiro atoms. The Morgan fingerprint density at radius 1 is 1.27 bits per heavy atom. The third kappa shape index (κ3) is 3.24. The van der Waals surface area contributed by atoms with Crippen molar-refractivity contribution in [3.63, 3.8) is 0 Å². The van der Waals surface area contributed by atoms with Gasteiger partial charge in [0, 0.05) is 0 Å². The standard InChI is InChI=1S/C9H10F2O3S/c1-6(14-15(2,12)13)9-7(10)4-3-5-8(9)11/h3-6H,1-2H3. The van der Waals surface area contributed by atoms with E-state index in [0.717, 1.165) is 18.4 Å². The van der Waals surface area contributed by atoms with Crippen molar-refractivity contribution in [3.05, 3.63) is 35.4 Å². The van der Waals surface area contributed by atoms with Crippen molar-refractivity contribution < 1.29 is 21.4 Å². The summed E-state index contributed by atoms with van der Waals surface area (Å²) in [5.74, 6) is -1.66. The van der Waals surface area contributed by atoms with E-state index in [1.165, 1.54) is 13.0 Å². The van der Waals surface area contributed by atoms with Gasteiger partial charge in [0.1, 0.15) is 17.7 Å². The maximum absolute atomic E-state index is 13.2. The van der Waals surface area contributed by atoms with Crippen LogP contribution in [-0.4, -0.2) is 14.7 Å². The Morgan fingerprint density at radius 2 is 1.73 bits per heavy atom. The fourth-order valence-electron chi connectivity index (χ4n) is 1.21. The van der Waals surface area contributed by atoms with Gasteiger partial charge in [-0.15, -0.1) is 0 Å². The first-order valence-electron chi connectivity index (χ1n) is 4.13. The van der Waals surface area contributed by atoms with E-state index in [9.17, 15) is 17.2 Å². The summed E-state index contributed by atoms with van der Waals surface area (Å²) in [5.41, 5.74) is -0.386. The molecule has 0 amide bonds. The van der Waals surface area contributed by atoms with Crippen LogP contribution in [0.15, 0.2) is 18.2 Å². The van der Waals surface area contributed by atoms with E-state index in [4.69, 9.17) is 0 Å². The number of hydrogen-bond acceptors (Lipinski definition) is 3. The van der Waals surface area contributed by atoms with Gasteiger partial charge in [-0.3, -0.25) is 4.18 Å². The molecule has 0 aliphatic rings. The van der Waals surface area contributed by atoms with E-state index in [0.29, 0.717) is 0 Å². The van der Waals surface area contributed by atoms with Crippen LogP contribution in [0.4, 0.5) is 8.78 Å². The minimum Gasteiger partial charge on any atom is -0.262 e. The van der Waals surface area contributed by atoms with Crippen molar-refractivity contribution in [1.82, 2.24) is 0 Å². The van der Waals surface area contributed by atoms with Crippen molar-refractivity contribution in [1.29, 1.82) is 0 Å². The highest BCUT2D eigenvalue weighted by Crippen LogP contribution is 2.24. The molecule has 84 valence electrons. The minimum atomic E-state index is -3.74. The largest absolute Gasteiger partial charge is 0.264 e. The fraction of sp³-hybridized carbons (Fsp3) is 0.333. The molecule has 0 fully saturated rings. The summed E-state index contributed by atoms with van der Waals surface area (Å²) in [7, 11) is -3.74. The molecule has 0 heterocycles. The first-order valence-corrected chi connectivity index (χ1v) is 5.95. The van der Waals surface area contributed by atoms with Crippen LogP contribution >= 0.6 is 0 Å². The molecule has 0 saturated carbocycles. The molecule has 1 unspecified atom stereocenters. The number of hydrogen-bond donors (Lipinski definition) is 0. The lowest BCUT2D eigenvalue weighted by Gasteiger charge is -2.12. The van der Waals surface area contributed by atoms with E-state index in [1.807, 2.05) is 0 Å². The third-order valence-electron chi connectivity index (χ3n) is 1.73. The molecule has 6 heteroatoms. The van der Waals surface area contributed by atoms with Gasteiger partial charge in [-0.1, -0.05) is 6.07 Å². The van der Waals surface area contributed by atoms with Gasteiger partial charge in [-0.05, 0) is 19.1 Å². The Morgan fingerprint density at radius 3 is 2.13 bits per heavy atom. The normalized spacial score (nSPS) is 13.9. The molecule has 0 radical (unpaired) electrons. The van der Waals surface area contributed by atoms with E-state index < -0.39 is 27.9 Å². The summed E-state index contributed by atoms with van der Waals surface area (Å²) in [4.78, 5) is 0. The molecule has 0 saturated heterocycles. The monoisotopic (exact) mass is 236 g/mol. The van der Waals surface area contributed by atoms with Gasteiger partial charge in [-0.25, -0.2) is 8.78 Å². The fourth-order valence-corrected chi connectivity index (χ4v) is 1.83. The van der Waals surface area contributed by atoms with Crippen LogP contribution in [0.3, 0.4) is 0 Å². The summed E-state index contributed by atoms with van der Waals surface area (Å²) in [6.45, 7) is 1.27. The second kappa shape index (κ2) is 4.24. The maximum Gasteiger partial charge on any atom is 0.264 e. The van der Waals surface area contributed by atoms with Crippen molar-refractivity contribution in [2.75, 3.05) is 6.26 Å². The first-order chi connectivity index (χ1) is 6.81. The molecule has 1 aromatic carbocycles. The Bertz CT molecular complexity index is 436. The number of benzene rings is 1. The van der Waals surface area contributed by atoms with E-state index in [2.05, 4.69) is 4.18 Å². The number of rotatable bonds is 3. The summed E-state index contributed by atoms with van der Waals surface area (Å²) in [6.07, 6.45) is -0.358. The van der Waals surface area contributed by atoms with Gasteiger partial charge in [0.2, 0.25) is 0 Å². The molecule has 0 N–H and O–H groups in total. The van der Waals surface area contributed by atoms with Crippen molar-refractivity contribution in [2.45, 2.75) is 13.0 Å². The second-order valence-electron chi connectivity index (χ2n) is 3.08. The molecule has 0 aliphatic heterocycles. The zero-order valence-corrected chi connectivity index (χ0v) is 9.01. The van der Waals surface area contributed by atoms with Crippen molar-refractivity contribution in [2.24, 2.45) is 0 Å². The van der Waals surface area contributed by atoms with Gasteiger partial charge in [0.05, 0.1) is 11.8 Å². The minimum absolute atomic E-state index is 0.386. The van der Waals surface area contributed by atoms with Crippen LogP contribution in [0.25, 0.3) is 0 Å². The topological polar surface area (TPSA) is 43.4 Å². The van der Waals surface area contributed by atoms with Gasteiger partial charge < -0.3 is 0 Å². The van der Waals surface area contributed by atoms with Gasteiger partial charge in [0.25, 0.3) is 10.1 Å². The van der Waals surface area contributed by atoms with Gasteiger partial charge in [-0.2, -0.15) is 8.42 Å². The van der Waals surface area contributed by atoms with E-state index >= 15 is 0 Å². The van der Waals surface area contributed by atoms with E-state index in [-0.39, 0.29) is 5.56 Å². The summed E-state index contributed by atoms with van der Waals surface area (Å²) in [6, 6.07) is 3.28. The summed E-state index contributed by atoms with van der Waals surface area (Å²) in [5, 5.41) is 0. The lowest BCUT2D eigenvalue weighted by Crippen LogP contribution is -2.10. The highest BCUT2D eigenvalue weighted by molar-refractivity contribution is 7.86. The molecule has 0 bridgehead atoms. The first kappa shape index (κ1) is 12.1. The smallest absolute Gasteiger partial charge is 0.262 e. The van der Waals surface area contributed by atoms with Crippen LogP contribution < -0.4 is 0 Å². The number of halogens is 2. The van der Waals surface area contributed by atoms with Crippen LogP contribution in [0.5, 0.6) is 0 Å². The molecular formula is C9H10F2O3S. The highest BCUT2D eigenvalue weighted by Gasteiger charge is 2.20. The zero-order chi connectivity index (χ0) is 11.6. The average Bonchev–Trinajstić information content (AvgIpc) is 1.99. The lowest BCUT2D eigenvalue weighted by atomic mass is 10.1. The molecule has 1 aromatic rings. The summed E-state index contributed by atoms with van der Waals surface area (Å²) >= 11 is 0. The van der Waals surface area contributed by atoms with Crippen LogP contribution in [0.2, 0.25) is 0 Å². The second-order valence-corrected chi connectivity index (χ2v) is 4.68. The van der Waals surface area contributed by atoms with E-state index in [1.54, 1.807) is 0 Å². The highest BCUT2D eigenvalue weighted by atomic mass is 32.2. The van der Waals surface area contributed by atoms with Crippen molar-refractivity contribution in [3.8, 4) is 0 Å². The Labute approximate surface area is 86.8 Å². The maximum atomic E-state index is 13.2. The van der Waals surface area contributed by atoms with Gasteiger partial charge in [0.15, 0.2) is 0 Å². The summed E-state index contributed by atoms with van der Waals surface area (Å²) < 4.78 is 52.3. The predicted octanol–water partition coefficient (Wildman–Crippen LogP) is 2.00. The molecule has 1 rings (SSSR count). The third-order valence-corrected chi connectivity index (χ3v) is 2.36. The Kier molecular flexibility index (Phi) is 3.41. The Balaban J connectivity index is 3.06. The molecule has 15 heavy (non-hydrogen) atoms. The van der Waals surface area contributed by atoms with Gasteiger partial charge >= 0.3 is 0 Å².